The molecule has 1 aromatic carbocycles. The molecule has 66 valence electrons. The van der Waals surface area contributed by atoms with Gasteiger partial charge in [-0.25, -0.2) is 0 Å². The topological polar surface area (TPSA) is 12.9 Å². The molecule has 0 radical (unpaired) electrons. The minimum atomic E-state index is 0. The second-order valence-corrected chi connectivity index (χ2v) is 2.20. The van der Waals surface area contributed by atoms with Crippen LogP contribution in [0.2, 0.25) is 0 Å². The Labute approximate surface area is 95.1 Å². The number of nitrogens with zero attached hydrogens (tertiary/aromatic N) is 1. The molecule has 0 aliphatic heterocycles. The molecule has 2 heteroatoms. The first-order chi connectivity index (χ1) is 4.97. The standard InChI is InChI=1S/C9H7N.2CH3.Ti/c1-2-6-9-8(4-1)5-3-7-10-9;;;/h1-7H;2*1H3;/q;2*-1;+2. The fourth-order valence-corrected chi connectivity index (χ4v) is 1.02. The van der Waals surface area contributed by atoms with E-state index in [-0.39, 0.29) is 36.6 Å². The van der Waals surface area contributed by atoms with E-state index in [1.165, 1.54) is 5.39 Å². The summed E-state index contributed by atoms with van der Waals surface area (Å²) < 4.78 is 0. The van der Waals surface area contributed by atoms with Gasteiger partial charge < -0.3 is 14.9 Å². The average Bonchev–Trinajstić information content (AvgIpc) is 2.05. The zero-order valence-electron chi connectivity index (χ0n) is 7.99. The van der Waals surface area contributed by atoms with Gasteiger partial charge in [0.05, 0.1) is 5.52 Å². The molecule has 0 amide bonds. The summed E-state index contributed by atoms with van der Waals surface area (Å²) in [7, 11) is 0. The Balaban J connectivity index is 0. The Kier molecular flexibility index (Phi) is 7.79. The molecule has 1 aromatic heterocycles. The molecule has 1 heterocycles. The molecule has 0 atom stereocenters. The third-order valence-electron chi connectivity index (χ3n) is 1.51. The van der Waals surface area contributed by atoms with E-state index in [2.05, 4.69) is 17.1 Å². The number of benzene rings is 1. The van der Waals surface area contributed by atoms with E-state index in [4.69, 9.17) is 0 Å². The van der Waals surface area contributed by atoms with Crippen LogP contribution in [0, 0.1) is 14.9 Å². The van der Waals surface area contributed by atoms with Gasteiger partial charge in [0, 0.05) is 11.6 Å². The number of pyridine rings is 1. The zero-order chi connectivity index (χ0) is 6.81. The van der Waals surface area contributed by atoms with Crippen molar-refractivity contribution >= 4 is 10.9 Å². The maximum atomic E-state index is 4.18. The largest absolute Gasteiger partial charge is 2.00 e. The van der Waals surface area contributed by atoms with Crippen molar-refractivity contribution in [3.8, 4) is 0 Å². The van der Waals surface area contributed by atoms with E-state index < -0.39 is 0 Å². The van der Waals surface area contributed by atoms with Crippen molar-refractivity contribution in [2.75, 3.05) is 0 Å². The van der Waals surface area contributed by atoms with Crippen LogP contribution >= 0.6 is 0 Å². The summed E-state index contributed by atoms with van der Waals surface area (Å²) in [6.45, 7) is 0. The van der Waals surface area contributed by atoms with Crippen LogP contribution < -0.4 is 0 Å². The first-order valence-corrected chi connectivity index (χ1v) is 3.26. The van der Waals surface area contributed by atoms with E-state index in [1.54, 1.807) is 0 Å². The minimum Gasteiger partial charge on any atom is -0.358 e. The fourth-order valence-electron chi connectivity index (χ4n) is 1.02. The van der Waals surface area contributed by atoms with Crippen LogP contribution in [0.3, 0.4) is 0 Å². The van der Waals surface area contributed by atoms with Gasteiger partial charge in [-0.15, -0.1) is 0 Å². The number of rotatable bonds is 0. The Morgan fingerprint density at radius 2 is 1.46 bits per heavy atom. The van der Waals surface area contributed by atoms with Crippen LogP contribution in [0.5, 0.6) is 0 Å². The van der Waals surface area contributed by atoms with Gasteiger partial charge >= 0.3 is 21.7 Å². The van der Waals surface area contributed by atoms with Gasteiger partial charge in [0.1, 0.15) is 0 Å². The maximum absolute atomic E-state index is 4.18. The molecule has 0 N–H and O–H groups in total. The summed E-state index contributed by atoms with van der Waals surface area (Å²) in [5.41, 5.74) is 1.06. The third kappa shape index (κ3) is 3.29. The van der Waals surface area contributed by atoms with Gasteiger partial charge in [0.25, 0.3) is 0 Å². The summed E-state index contributed by atoms with van der Waals surface area (Å²) in [5, 5.41) is 1.20. The van der Waals surface area contributed by atoms with E-state index >= 15 is 0 Å². The fraction of sp³-hybridized carbons (Fsp3) is 0. The van der Waals surface area contributed by atoms with Crippen LogP contribution in [0.4, 0.5) is 0 Å². The molecule has 1 nitrogen and oxygen atoms in total. The second-order valence-electron chi connectivity index (χ2n) is 2.20. The van der Waals surface area contributed by atoms with E-state index in [1.807, 2.05) is 30.5 Å². The maximum Gasteiger partial charge on any atom is 2.00 e. The Bertz CT molecular complexity index is 281. The number of para-hydroxylation sites is 1. The van der Waals surface area contributed by atoms with E-state index in [0.717, 1.165) is 5.52 Å². The number of hydrogen-bond acceptors (Lipinski definition) is 1. The monoisotopic (exact) mass is 207 g/mol. The van der Waals surface area contributed by atoms with Gasteiger partial charge in [-0.2, -0.15) is 0 Å². The third-order valence-corrected chi connectivity index (χ3v) is 1.51. The molecule has 13 heavy (non-hydrogen) atoms. The smallest absolute Gasteiger partial charge is 0.358 e. The number of hydrogen-bond donors (Lipinski definition) is 0. The van der Waals surface area contributed by atoms with Crippen LogP contribution in [0.25, 0.3) is 10.9 Å². The molecule has 0 spiro atoms. The molecule has 0 saturated carbocycles. The molecule has 0 fully saturated rings. The van der Waals surface area contributed by atoms with Crippen molar-refractivity contribution in [1.29, 1.82) is 0 Å². The van der Waals surface area contributed by atoms with Crippen LogP contribution in [-0.4, -0.2) is 4.98 Å². The van der Waals surface area contributed by atoms with Gasteiger partial charge in [-0.1, -0.05) is 24.3 Å². The van der Waals surface area contributed by atoms with Crippen LogP contribution in [-0.2, 0) is 21.7 Å². The molecular formula is C11H13NTi. The molecule has 0 saturated heterocycles. The van der Waals surface area contributed by atoms with Gasteiger partial charge in [-0.05, 0) is 12.1 Å². The Hall–Kier alpha value is -0.656. The van der Waals surface area contributed by atoms with Crippen molar-refractivity contribution in [3.05, 3.63) is 57.4 Å². The summed E-state index contributed by atoms with van der Waals surface area (Å²) in [6.07, 6.45) is 1.81. The van der Waals surface area contributed by atoms with E-state index in [0.29, 0.717) is 0 Å². The second kappa shape index (κ2) is 6.82. The molecule has 0 aliphatic rings. The van der Waals surface area contributed by atoms with Crippen LogP contribution in [0.1, 0.15) is 0 Å². The van der Waals surface area contributed by atoms with Crippen molar-refractivity contribution in [3.63, 3.8) is 0 Å². The average molecular weight is 207 g/mol. The molecule has 0 unspecified atom stereocenters. The normalized spacial score (nSPS) is 7.69. The molecular weight excluding hydrogens is 194 g/mol. The van der Waals surface area contributed by atoms with Crippen molar-refractivity contribution in [2.24, 2.45) is 0 Å². The van der Waals surface area contributed by atoms with Gasteiger partial charge in [0.15, 0.2) is 0 Å². The quantitative estimate of drug-likeness (QED) is 0.477. The van der Waals surface area contributed by atoms with Crippen LogP contribution in [0.15, 0.2) is 42.6 Å². The molecule has 2 aromatic rings. The Morgan fingerprint density at radius 3 is 2.15 bits per heavy atom. The van der Waals surface area contributed by atoms with E-state index in [9.17, 15) is 0 Å². The van der Waals surface area contributed by atoms with Crippen molar-refractivity contribution in [2.45, 2.75) is 0 Å². The number of aromatic nitrogens is 1. The van der Waals surface area contributed by atoms with Crippen molar-refractivity contribution < 1.29 is 21.7 Å². The predicted molar refractivity (Wildman–Crippen MR) is 54.6 cm³/mol. The SMILES string of the molecule is [CH3-].[CH3-].[Ti+2].c1ccc2ncccc2c1. The molecule has 0 bridgehead atoms. The summed E-state index contributed by atoms with van der Waals surface area (Å²) in [6, 6.07) is 12.1. The predicted octanol–water partition coefficient (Wildman–Crippen LogP) is 3.13. The summed E-state index contributed by atoms with van der Waals surface area (Å²) in [4.78, 5) is 4.18. The van der Waals surface area contributed by atoms with Gasteiger partial charge in [-0.3, -0.25) is 4.98 Å². The first kappa shape index (κ1) is 14.8. The minimum absolute atomic E-state index is 0. The van der Waals surface area contributed by atoms with Crippen molar-refractivity contribution in [1.82, 2.24) is 4.98 Å². The molecule has 2 rings (SSSR count). The summed E-state index contributed by atoms with van der Waals surface area (Å²) in [5.74, 6) is 0. The first-order valence-electron chi connectivity index (χ1n) is 3.26. The molecule has 0 aliphatic carbocycles. The zero-order valence-corrected chi connectivity index (χ0v) is 9.55. The van der Waals surface area contributed by atoms with Gasteiger partial charge in [0.2, 0.25) is 0 Å². The number of fused-ring (bicyclic) bond motifs is 1. The Morgan fingerprint density at radius 1 is 0.846 bits per heavy atom. The summed E-state index contributed by atoms with van der Waals surface area (Å²) >= 11 is 0.